The second kappa shape index (κ2) is 10.0. The minimum Gasteiger partial charge on any atom is -0.370 e. The minimum atomic E-state index is -0.155. The van der Waals surface area contributed by atoms with E-state index in [4.69, 9.17) is 4.74 Å². The van der Waals surface area contributed by atoms with Crippen molar-refractivity contribution < 1.29 is 9.53 Å². The lowest BCUT2D eigenvalue weighted by molar-refractivity contribution is -0.122. The summed E-state index contributed by atoms with van der Waals surface area (Å²) in [5.41, 5.74) is 6.63. The van der Waals surface area contributed by atoms with Gasteiger partial charge in [-0.05, 0) is 54.3 Å². The third-order valence-corrected chi connectivity index (χ3v) is 8.04. The molecule has 2 aliphatic rings. The van der Waals surface area contributed by atoms with Crippen LogP contribution in [0.15, 0.2) is 85.2 Å². The molecule has 0 saturated carbocycles. The van der Waals surface area contributed by atoms with Crippen molar-refractivity contribution in [2.45, 2.75) is 50.5 Å². The van der Waals surface area contributed by atoms with Gasteiger partial charge in [0.25, 0.3) is 0 Å². The molecule has 1 saturated heterocycles. The zero-order chi connectivity index (χ0) is 25.2. The van der Waals surface area contributed by atoms with Crippen LogP contribution in [0.3, 0.4) is 0 Å². The number of nitrogens with one attached hydrogen (secondary N) is 1. The Labute approximate surface area is 217 Å². The predicted octanol–water partition coefficient (Wildman–Crippen LogP) is 4.94. The van der Waals surface area contributed by atoms with Gasteiger partial charge in [-0.3, -0.25) is 19.7 Å². The number of rotatable bonds is 6. The molecule has 6 heteroatoms. The number of carbonyl (C=O) groups is 1. The third kappa shape index (κ3) is 4.52. The van der Waals surface area contributed by atoms with Crippen LogP contribution < -0.4 is 5.32 Å². The van der Waals surface area contributed by atoms with Crippen LogP contribution in [0.2, 0.25) is 0 Å². The van der Waals surface area contributed by atoms with Crippen LogP contribution >= 0.6 is 0 Å². The van der Waals surface area contributed by atoms with E-state index in [0.29, 0.717) is 6.61 Å². The first-order valence-electron chi connectivity index (χ1n) is 13.1. The molecule has 1 N–H and O–H groups in total. The first kappa shape index (κ1) is 23.8. The molecular formula is C31H32N4O2. The van der Waals surface area contributed by atoms with Crippen molar-refractivity contribution in [1.82, 2.24) is 20.2 Å². The molecule has 6 nitrogen and oxygen atoms in total. The summed E-state index contributed by atoms with van der Waals surface area (Å²) in [7, 11) is 0. The van der Waals surface area contributed by atoms with Crippen molar-refractivity contribution in [3.8, 4) is 0 Å². The van der Waals surface area contributed by atoms with Crippen LogP contribution in [0.1, 0.15) is 48.1 Å². The number of amides is 1. The number of piperidine rings is 1. The maximum atomic E-state index is 12.3. The van der Waals surface area contributed by atoms with Crippen molar-refractivity contribution >= 4 is 16.9 Å². The van der Waals surface area contributed by atoms with Gasteiger partial charge in [0.15, 0.2) is 0 Å². The van der Waals surface area contributed by atoms with Crippen LogP contribution in [0.4, 0.5) is 0 Å². The Morgan fingerprint density at radius 1 is 0.973 bits per heavy atom. The number of para-hydroxylation sites is 1. The molecule has 1 aliphatic heterocycles. The van der Waals surface area contributed by atoms with E-state index in [1.54, 1.807) is 19.3 Å². The molecule has 0 unspecified atom stereocenters. The number of carbonyl (C=O) groups excluding carboxylic acids is 1. The molecule has 1 fully saturated rings. The highest BCUT2D eigenvalue weighted by molar-refractivity contribution is 5.77. The molecular weight excluding hydrogens is 460 g/mol. The van der Waals surface area contributed by atoms with E-state index in [-0.39, 0.29) is 23.5 Å². The van der Waals surface area contributed by atoms with Gasteiger partial charge >= 0.3 is 0 Å². The van der Waals surface area contributed by atoms with Gasteiger partial charge in [-0.25, -0.2) is 0 Å². The number of aromatic nitrogens is 2. The van der Waals surface area contributed by atoms with Crippen molar-refractivity contribution in [3.05, 3.63) is 107 Å². The standard InChI is InChI=1S/C31H32N4O2/c1-22(36)34-29-25-11-5-6-12-26(25)31(30(29)37-21-23-8-3-2-4-9-23)14-18-35(19-15-31)20-24-10-7-13-27-28(24)33-17-16-32-27/h2-13,16-17,29-30H,14-15,18-21H2,1H3,(H,34,36)/t29-,30+/m1/s1. The zero-order valence-electron chi connectivity index (χ0n) is 21.1. The summed E-state index contributed by atoms with van der Waals surface area (Å²) < 4.78 is 6.74. The van der Waals surface area contributed by atoms with Gasteiger partial charge in [0.05, 0.1) is 29.8 Å². The molecule has 3 aromatic carbocycles. The highest BCUT2D eigenvalue weighted by Gasteiger charge is 2.54. The largest absolute Gasteiger partial charge is 0.370 e. The van der Waals surface area contributed by atoms with Gasteiger partial charge < -0.3 is 10.1 Å². The normalized spacial score (nSPS) is 20.7. The summed E-state index contributed by atoms with van der Waals surface area (Å²) >= 11 is 0. The van der Waals surface area contributed by atoms with Gasteiger partial charge in [0.1, 0.15) is 0 Å². The van der Waals surface area contributed by atoms with Gasteiger partial charge in [-0.1, -0.05) is 66.7 Å². The lowest BCUT2D eigenvalue weighted by Gasteiger charge is -2.44. The third-order valence-electron chi connectivity index (χ3n) is 8.04. The van der Waals surface area contributed by atoms with Crippen molar-refractivity contribution in [3.63, 3.8) is 0 Å². The van der Waals surface area contributed by atoms with Crippen molar-refractivity contribution in [2.24, 2.45) is 0 Å². The van der Waals surface area contributed by atoms with E-state index in [0.717, 1.165) is 49.1 Å². The molecule has 4 aromatic rings. The average Bonchev–Trinajstić information content (AvgIpc) is 3.17. The molecule has 2 atom stereocenters. The number of ether oxygens (including phenoxy) is 1. The number of hydrogen-bond acceptors (Lipinski definition) is 5. The topological polar surface area (TPSA) is 67.4 Å². The van der Waals surface area contributed by atoms with Gasteiger partial charge in [-0.2, -0.15) is 0 Å². The Kier molecular flexibility index (Phi) is 6.45. The second-order valence-electron chi connectivity index (χ2n) is 10.3. The number of hydrogen-bond donors (Lipinski definition) is 1. The highest BCUT2D eigenvalue weighted by Crippen LogP contribution is 2.52. The summed E-state index contributed by atoms with van der Waals surface area (Å²) in [6, 6.07) is 25.0. The summed E-state index contributed by atoms with van der Waals surface area (Å²) in [4.78, 5) is 23.9. The average molecular weight is 493 g/mol. The molecule has 2 heterocycles. The minimum absolute atomic E-state index is 0.0281. The van der Waals surface area contributed by atoms with Gasteiger partial charge in [0, 0.05) is 31.3 Å². The SMILES string of the molecule is CC(=O)N[C@@H]1c2ccccc2C2(CCN(Cc3cccc4nccnc34)CC2)[C@H]1OCc1ccccc1. The van der Waals surface area contributed by atoms with Crippen LogP contribution in [-0.2, 0) is 28.1 Å². The zero-order valence-corrected chi connectivity index (χ0v) is 21.1. The molecule has 1 aromatic heterocycles. The lowest BCUT2D eigenvalue weighted by Crippen LogP contribution is -2.50. The molecule has 1 aliphatic carbocycles. The number of nitrogens with zero attached hydrogens (tertiary/aromatic N) is 3. The summed E-state index contributed by atoms with van der Waals surface area (Å²) in [5.74, 6) is -0.0281. The lowest BCUT2D eigenvalue weighted by atomic mass is 9.71. The first-order valence-corrected chi connectivity index (χ1v) is 13.1. The summed E-state index contributed by atoms with van der Waals surface area (Å²) in [6.45, 7) is 4.86. The van der Waals surface area contributed by atoms with Gasteiger partial charge in [0.2, 0.25) is 5.91 Å². The Morgan fingerprint density at radius 3 is 2.54 bits per heavy atom. The molecule has 1 spiro atoms. The molecule has 1 amide bonds. The number of likely N-dealkylation sites (tertiary alicyclic amines) is 1. The van der Waals surface area contributed by atoms with Crippen LogP contribution in [0, 0.1) is 0 Å². The van der Waals surface area contributed by atoms with E-state index >= 15 is 0 Å². The number of fused-ring (bicyclic) bond motifs is 3. The van der Waals surface area contributed by atoms with Crippen LogP contribution in [-0.4, -0.2) is 40.0 Å². The first-order chi connectivity index (χ1) is 18.1. The fourth-order valence-electron chi connectivity index (χ4n) is 6.33. The van der Waals surface area contributed by atoms with Crippen LogP contribution in [0.5, 0.6) is 0 Å². The fourth-order valence-corrected chi connectivity index (χ4v) is 6.33. The highest BCUT2D eigenvalue weighted by atomic mass is 16.5. The van der Waals surface area contributed by atoms with Gasteiger partial charge in [-0.15, -0.1) is 0 Å². The molecule has 37 heavy (non-hydrogen) atoms. The summed E-state index contributed by atoms with van der Waals surface area (Å²) in [6.07, 6.45) is 5.32. The van der Waals surface area contributed by atoms with E-state index in [2.05, 4.69) is 68.7 Å². The van der Waals surface area contributed by atoms with E-state index < -0.39 is 0 Å². The second-order valence-corrected chi connectivity index (χ2v) is 10.3. The number of benzene rings is 3. The monoisotopic (exact) mass is 492 g/mol. The van der Waals surface area contributed by atoms with E-state index in [9.17, 15) is 4.79 Å². The molecule has 0 radical (unpaired) electrons. The van der Waals surface area contributed by atoms with Crippen molar-refractivity contribution in [2.75, 3.05) is 13.1 Å². The quantitative estimate of drug-likeness (QED) is 0.413. The Morgan fingerprint density at radius 2 is 1.73 bits per heavy atom. The maximum absolute atomic E-state index is 12.3. The summed E-state index contributed by atoms with van der Waals surface area (Å²) in [5, 5.41) is 3.23. The molecule has 6 rings (SSSR count). The van der Waals surface area contributed by atoms with Crippen LogP contribution in [0.25, 0.3) is 11.0 Å². The fraction of sp³-hybridized carbons (Fsp3) is 0.323. The smallest absolute Gasteiger partial charge is 0.217 e. The Balaban J connectivity index is 1.28. The maximum Gasteiger partial charge on any atom is 0.217 e. The molecule has 188 valence electrons. The van der Waals surface area contributed by atoms with Crippen molar-refractivity contribution in [1.29, 1.82) is 0 Å². The molecule has 0 bridgehead atoms. The van der Waals surface area contributed by atoms with E-state index in [1.807, 2.05) is 24.3 Å². The Bertz CT molecular complexity index is 1390. The Hall–Kier alpha value is -3.61. The predicted molar refractivity (Wildman–Crippen MR) is 144 cm³/mol. The van der Waals surface area contributed by atoms with E-state index in [1.165, 1.54) is 16.7 Å².